The maximum absolute atomic E-state index is 3.82. The molecule has 0 spiro atoms. The molecule has 1 atom stereocenters. The lowest BCUT2D eigenvalue weighted by molar-refractivity contribution is 0.342. The zero-order valence-corrected chi connectivity index (χ0v) is 13.7. The van der Waals surface area contributed by atoms with Gasteiger partial charge in [-0.3, -0.25) is 0 Å². The van der Waals surface area contributed by atoms with E-state index >= 15 is 0 Å². The average Bonchev–Trinajstić information content (AvgIpc) is 2.56. The third-order valence-corrected chi connectivity index (χ3v) is 5.21. The van der Waals surface area contributed by atoms with E-state index in [1.807, 2.05) is 0 Å². The van der Waals surface area contributed by atoms with Crippen molar-refractivity contribution in [2.45, 2.75) is 83.4 Å². The molecule has 2 heteroatoms. The van der Waals surface area contributed by atoms with E-state index in [-0.39, 0.29) is 0 Å². The molecular formula is C16H33NS. The maximum atomic E-state index is 3.82. The van der Waals surface area contributed by atoms with Crippen molar-refractivity contribution in [3.63, 3.8) is 0 Å². The summed E-state index contributed by atoms with van der Waals surface area (Å²) in [4.78, 5) is 0. The van der Waals surface area contributed by atoms with Crippen molar-refractivity contribution in [1.29, 1.82) is 0 Å². The van der Waals surface area contributed by atoms with Gasteiger partial charge < -0.3 is 5.32 Å². The van der Waals surface area contributed by atoms with Crippen LogP contribution in [0.5, 0.6) is 0 Å². The van der Waals surface area contributed by atoms with Gasteiger partial charge in [0.25, 0.3) is 0 Å². The number of hydrogen-bond acceptors (Lipinski definition) is 2. The van der Waals surface area contributed by atoms with Crippen molar-refractivity contribution in [2.75, 3.05) is 12.3 Å². The topological polar surface area (TPSA) is 12.0 Å². The monoisotopic (exact) mass is 271 g/mol. The van der Waals surface area contributed by atoms with Crippen LogP contribution < -0.4 is 5.32 Å². The molecule has 0 aromatic carbocycles. The molecule has 1 saturated carbocycles. The minimum Gasteiger partial charge on any atom is -0.313 e. The highest BCUT2D eigenvalue weighted by Gasteiger charge is 2.24. The normalized spacial score (nSPS) is 20.7. The summed E-state index contributed by atoms with van der Waals surface area (Å²) in [5.41, 5.74) is 0. The lowest BCUT2D eigenvalue weighted by Gasteiger charge is -2.30. The van der Waals surface area contributed by atoms with Gasteiger partial charge in [0.1, 0.15) is 0 Å². The van der Waals surface area contributed by atoms with Crippen molar-refractivity contribution in [2.24, 2.45) is 5.92 Å². The minimum absolute atomic E-state index is 0.400. The summed E-state index contributed by atoms with van der Waals surface area (Å²) in [5, 5.41) is 3.82. The SMILES string of the molecule is CCCNC(CSC(C)(C)C)C1CCCCCC1. The molecule has 18 heavy (non-hydrogen) atoms. The summed E-state index contributed by atoms with van der Waals surface area (Å²) in [6.07, 6.45) is 9.98. The number of rotatable bonds is 6. The largest absolute Gasteiger partial charge is 0.313 e. The summed E-state index contributed by atoms with van der Waals surface area (Å²) in [6.45, 7) is 10.5. The molecule has 0 amide bonds. The van der Waals surface area contributed by atoms with E-state index in [9.17, 15) is 0 Å². The third kappa shape index (κ3) is 7.04. The highest BCUT2D eigenvalue weighted by molar-refractivity contribution is 8.00. The van der Waals surface area contributed by atoms with Gasteiger partial charge in [-0.2, -0.15) is 11.8 Å². The average molecular weight is 272 g/mol. The second-order valence-corrected chi connectivity index (χ2v) is 8.58. The number of nitrogens with one attached hydrogen (secondary N) is 1. The molecule has 1 rings (SSSR count). The quantitative estimate of drug-likeness (QED) is 0.693. The van der Waals surface area contributed by atoms with Crippen LogP contribution in [0.15, 0.2) is 0 Å². The molecule has 1 aliphatic carbocycles. The Morgan fingerprint density at radius 1 is 1.11 bits per heavy atom. The van der Waals surface area contributed by atoms with Gasteiger partial charge in [0.05, 0.1) is 0 Å². The molecule has 1 aliphatic rings. The summed E-state index contributed by atoms with van der Waals surface area (Å²) < 4.78 is 0.400. The van der Waals surface area contributed by atoms with Crippen molar-refractivity contribution < 1.29 is 0 Å². The van der Waals surface area contributed by atoms with E-state index in [4.69, 9.17) is 0 Å². The molecule has 0 saturated heterocycles. The van der Waals surface area contributed by atoms with Crippen molar-refractivity contribution in [1.82, 2.24) is 5.32 Å². The maximum Gasteiger partial charge on any atom is 0.0186 e. The molecule has 1 unspecified atom stereocenters. The molecular weight excluding hydrogens is 238 g/mol. The first-order valence-corrected chi connectivity index (χ1v) is 8.89. The Morgan fingerprint density at radius 2 is 1.72 bits per heavy atom. The zero-order valence-electron chi connectivity index (χ0n) is 12.9. The Kier molecular flexibility index (Phi) is 7.70. The zero-order chi connectivity index (χ0) is 13.4. The molecule has 1 nitrogen and oxygen atoms in total. The fourth-order valence-electron chi connectivity index (χ4n) is 2.74. The Bertz CT molecular complexity index is 202. The fraction of sp³-hybridized carbons (Fsp3) is 1.00. The van der Waals surface area contributed by atoms with Gasteiger partial charge in [-0.25, -0.2) is 0 Å². The Hall–Kier alpha value is 0.310. The molecule has 1 N–H and O–H groups in total. The first-order chi connectivity index (χ1) is 8.53. The molecule has 0 aliphatic heterocycles. The van der Waals surface area contributed by atoms with Crippen LogP contribution in [0.25, 0.3) is 0 Å². The van der Waals surface area contributed by atoms with Gasteiger partial charge in [0.15, 0.2) is 0 Å². The predicted octanol–water partition coefficient (Wildman–Crippen LogP) is 4.86. The van der Waals surface area contributed by atoms with Crippen LogP contribution in [-0.4, -0.2) is 23.1 Å². The molecule has 0 radical (unpaired) electrons. The first kappa shape index (κ1) is 16.4. The minimum atomic E-state index is 0.400. The standard InChI is InChI=1S/C16H33NS/c1-5-12-17-15(13-18-16(2,3)4)14-10-8-6-7-9-11-14/h14-15,17H,5-13H2,1-4H3. The molecule has 108 valence electrons. The van der Waals surface area contributed by atoms with Crippen molar-refractivity contribution in [3.8, 4) is 0 Å². The van der Waals surface area contributed by atoms with E-state index in [0.717, 1.165) is 12.0 Å². The second-order valence-electron chi connectivity index (χ2n) is 6.74. The first-order valence-electron chi connectivity index (χ1n) is 7.90. The Labute approximate surface area is 119 Å². The van der Waals surface area contributed by atoms with Crippen LogP contribution in [0, 0.1) is 5.92 Å². The van der Waals surface area contributed by atoms with Gasteiger partial charge >= 0.3 is 0 Å². The van der Waals surface area contributed by atoms with Gasteiger partial charge in [-0.15, -0.1) is 0 Å². The van der Waals surface area contributed by atoms with E-state index in [0.29, 0.717) is 4.75 Å². The molecule has 0 aromatic rings. The molecule has 0 heterocycles. The van der Waals surface area contributed by atoms with Crippen LogP contribution >= 0.6 is 11.8 Å². The van der Waals surface area contributed by atoms with E-state index < -0.39 is 0 Å². The molecule has 1 fully saturated rings. The van der Waals surface area contributed by atoms with Crippen LogP contribution in [0.3, 0.4) is 0 Å². The van der Waals surface area contributed by atoms with Crippen molar-refractivity contribution in [3.05, 3.63) is 0 Å². The number of hydrogen-bond donors (Lipinski definition) is 1. The highest BCUT2D eigenvalue weighted by atomic mass is 32.2. The second kappa shape index (κ2) is 8.47. The number of thioether (sulfide) groups is 1. The van der Waals surface area contributed by atoms with E-state index in [2.05, 4.69) is 44.8 Å². The van der Waals surface area contributed by atoms with Crippen LogP contribution in [-0.2, 0) is 0 Å². The van der Waals surface area contributed by atoms with Crippen molar-refractivity contribution >= 4 is 11.8 Å². The summed E-state index contributed by atoms with van der Waals surface area (Å²) in [6, 6.07) is 0.743. The Morgan fingerprint density at radius 3 is 2.22 bits per heavy atom. The smallest absolute Gasteiger partial charge is 0.0186 e. The van der Waals surface area contributed by atoms with Gasteiger partial charge in [-0.05, 0) is 31.7 Å². The lowest BCUT2D eigenvalue weighted by atomic mass is 9.93. The predicted molar refractivity (Wildman–Crippen MR) is 85.5 cm³/mol. The van der Waals surface area contributed by atoms with Gasteiger partial charge in [-0.1, -0.05) is 53.4 Å². The molecule has 0 aromatic heterocycles. The summed E-state index contributed by atoms with van der Waals surface area (Å²) in [7, 11) is 0. The highest BCUT2D eigenvalue weighted by Crippen LogP contribution is 2.30. The third-order valence-electron chi connectivity index (χ3n) is 3.82. The van der Waals surface area contributed by atoms with Crippen LogP contribution in [0.1, 0.15) is 72.6 Å². The van der Waals surface area contributed by atoms with E-state index in [1.165, 1.54) is 57.2 Å². The van der Waals surface area contributed by atoms with Gasteiger partial charge in [0, 0.05) is 16.5 Å². The lowest BCUT2D eigenvalue weighted by Crippen LogP contribution is -2.39. The summed E-state index contributed by atoms with van der Waals surface area (Å²) >= 11 is 2.13. The Balaban J connectivity index is 2.46. The van der Waals surface area contributed by atoms with Crippen LogP contribution in [0.2, 0.25) is 0 Å². The van der Waals surface area contributed by atoms with Gasteiger partial charge in [0.2, 0.25) is 0 Å². The molecule has 0 bridgehead atoms. The van der Waals surface area contributed by atoms with Crippen LogP contribution in [0.4, 0.5) is 0 Å². The van der Waals surface area contributed by atoms with E-state index in [1.54, 1.807) is 0 Å². The summed E-state index contributed by atoms with van der Waals surface area (Å²) in [5.74, 6) is 2.21. The fourth-order valence-corrected chi connectivity index (χ4v) is 3.81.